The monoisotopic (exact) mass is 328 g/mol. The molecule has 1 aromatic carbocycles. The minimum Gasteiger partial charge on any atom is -0.462 e. The number of anilines is 1. The summed E-state index contributed by atoms with van der Waals surface area (Å²) in [5.74, 6) is -0.284. The van der Waals surface area contributed by atoms with Crippen LogP contribution in [0.1, 0.15) is 56.3 Å². The van der Waals surface area contributed by atoms with Crippen LogP contribution in [0.25, 0.3) is 0 Å². The summed E-state index contributed by atoms with van der Waals surface area (Å²) in [5.41, 5.74) is 6.78. The van der Waals surface area contributed by atoms with Crippen molar-refractivity contribution in [2.24, 2.45) is 0 Å². The molecule has 0 saturated carbocycles. The van der Waals surface area contributed by atoms with Crippen LogP contribution in [0.3, 0.4) is 0 Å². The third-order valence-corrected chi connectivity index (χ3v) is 3.41. The number of carbonyl (C=O) groups is 1. The first-order chi connectivity index (χ1) is 10.2. The fraction of sp³-hybridized carbons (Fsp3) is 0.588. The molecule has 0 fully saturated rings. The first-order valence-electron chi connectivity index (χ1n) is 7.93. The van der Waals surface area contributed by atoms with Crippen LogP contribution in [0.4, 0.5) is 5.69 Å². The number of ether oxygens (including phenoxy) is 1. The second kappa shape index (κ2) is 12.3. The van der Waals surface area contributed by atoms with E-state index in [0.717, 1.165) is 13.0 Å². The molecule has 0 radical (unpaired) electrons. The molecule has 0 aliphatic heterocycles. The Bertz CT molecular complexity index is 404. The molecule has 1 aromatic rings. The van der Waals surface area contributed by atoms with E-state index in [1.54, 1.807) is 24.3 Å². The van der Waals surface area contributed by atoms with Crippen molar-refractivity contribution in [2.45, 2.75) is 52.0 Å². The van der Waals surface area contributed by atoms with Gasteiger partial charge < -0.3 is 15.8 Å². The summed E-state index contributed by atoms with van der Waals surface area (Å²) in [6.45, 7) is 5.75. The smallest absolute Gasteiger partial charge is 0.338 e. The summed E-state index contributed by atoms with van der Waals surface area (Å²) in [6.07, 6.45) is 5.65. The van der Waals surface area contributed by atoms with Crippen LogP contribution in [0.5, 0.6) is 0 Å². The van der Waals surface area contributed by atoms with Crippen LogP contribution < -0.4 is 11.1 Å². The lowest BCUT2D eigenvalue weighted by molar-refractivity contribution is 0.0500. The molecule has 3 N–H and O–H groups in total. The molecule has 22 heavy (non-hydrogen) atoms. The summed E-state index contributed by atoms with van der Waals surface area (Å²) in [7, 11) is 0. The van der Waals surface area contributed by atoms with Gasteiger partial charge in [0, 0.05) is 11.7 Å². The van der Waals surface area contributed by atoms with Crippen LogP contribution in [0.2, 0.25) is 0 Å². The molecular formula is C17H29ClN2O2. The van der Waals surface area contributed by atoms with Crippen molar-refractivity contribution in [1.29, 1.82) is 0 Å². The van der Waals surface area contributed by atoms with Crippen molar-refractivity contribution >= 4 is 24.1 Å². The zero-order valence-corrected chi connectivity index (χ0v) is 14.5. The highest BCUT2D eigenvalue weighted by Crippen LogP contribution is 2.07. The highest BCUT2D eigenvalue weighted by Gasteiger charge is 2.07. The van der Waals surface area contributed by atoms with Gasteiger partial charge in [-0.25, -0.2) is 4.79 Å². The number of rotatable bonds is 10. The quantitative estimate of drug-likeness (QED) is 0.389. The number of esters is 1. The maximum absolute atomic E-state index is 11.8. The second-order valence-electron chi connectivity index (χ2n) is 5.34. The maximum Gasteiger partial charge on any atom is 0.338 e. The molecule has 4 nitrogen and oxygen atoms in total. The molecule has 0 bridgehead atoms. The average molecular weight is 329 g/mol. The molecular weight excluding hydrogens is 300 g/mol. The number of benzene rings is 1. The fourth-order valence-electron chi connectivity index (χ4n) is 2.29. The Morgan fingerprint density at radius 1 is 1.18 bits per heavy atom. The van der Waals surface area contributed by atoms with E-state index in [1.165, 1.54) is 25.7 Å². The molecule has 126 valence electrons. The predicted molar refractivity (Wildman–Crippen MR) is 94.6 cm³/mol. The third kappa shape index (κ3) is 8.25. The summed E-state index contributed by atoms with van der Waals surface area (Å²) in [4.78, 5) is 11.8. The number of nitrogens with one attached hydrogen (secondary N) is 1. The van der Waals surface area contributed by atoms with Crippen molar-refractivity contribution in [3.05, 3.63) is 29.8 Å². The Morgan fingerprint density at radius 2 is 1.77 bits per heavy atom. The zero-order chi connectivity index (χ0) is 15.5. The van der Waals surface area contributed by atoms with Gasteiger partial charge in [-0.3, -0.25) is 0 Å². The molecule has 0 aromatic heterocycles. The van der Waals surface area contributed by atoms with E-state index in [9.17, 15) is 4.79 Å². The number of halogens is 1. The number of carbonyl (C=O) groups excluding carboxylic acids is 1. The highest BCUT2D eigenvalue weighted by molar-refractivity contribution is 5.89. The number of hydrogen-bond donors (Lipinski definition) is 2. The Labute approximate surface area is 140 Å². The lowest BCUT2D eigenvalue weighted by Crippen LogP contribution is -2.30. The standard InChI is InChI=1S/C17H28N2O2.ClH/c1-3-6-16(7-4-2)19-12-5-13-21-17(20)14-8-10-15(18)11-9-14;/h8-11,16,19H,3-7,12-13,18H2,1-2H3;1H. The Hall–Kier alpha value is -1.26. The van der Waals surface area contributed by atoms with Gasteiger partial charge in [-0.1, -0.05) is 26.7 Å². The molecule has 0 atom stereocenters. The molecule has 0 unspecified atom stereocenters. The van der Waals surface area contributed by atoms with Gasteiger partial charge in [0.25, 0.3) is 0 Å². The Balaban J connectivity index is 0.00000441. The minimum atomic E-state index is -0.284. The molecule has 0 aliphatic rings. The van der Waals surface area contributed by atoms with E-state index in [0.29, 0.717) is 23.9 Å². The number of nitrogens with two attached hydrogens (primary N) is 1. The molecule has 0 aliphatic carbocycles. The summed E-state index contributed by atoms with van der Waals surface area (Å²) in [6, 6.07) is 7.38. The van der Waals surface area contributed by atoms with Gasteiger partial charge in [-0.05, 0) is 50.1 Å². The van der Waals surface area contributed by atoms with Crippen LogP contribution in [0, 0.1) is 0 Å². The van der Waals surface area contributed by atoms with E-state index in [-0.39, 0.29) is 18.4 Å². The van der Waals surface area contributed by atoms with Crippen LogP contribution in [0.15, 0.2) is 24.3 Å². The Kier molecular flexibility index (Phi) is 11.6. The van der Waals surface area contributed by atoms with Gasteiger partial charge in [0.1, 0.15) is 0 Å². The van der Waals surface area contributed by atoms with Crippen LogP contribution in [-0.2, 0) is 4.74 Å². The SMILES string of the molecule is CCCC(CCC)NCCCOC(=O)c1ccc(N)cc1.Cl. The molecule has 1 rings (SSSR count). The minimum absolute atomic E-state index is 0. The van der Waals surface area contributed by atoms with Gasteiger partial charge in [-0.15, -0.1) is 12.4 Å². The normalized spacial score (nSPS) is 10.3. The summed E-state index contributed by atoms with van der Waals surface area (Å²) >= 11 is 0. The fourth-order valence-corrected chi connectivity index (χ4v) is 2.29. The summed E-state index contributed by atoms with van der Waals surface area (Å²) in [5, 5.41) is 3.53. The van der Waals surface area contributed by atoms with E-state index >= 15 is 0 Å². The molecule has 0 heterocycles. The van der Waals surface area contributed by atoms with Crippen molar-refractivity contribution in [3.8, 4) is 0 Å². The summed E-state index contributed by atoms with van der Waals surface area (Å²) < 4.78 is 5.25. The van der Waals surface area contributed by atoms with E-state index in [4.69, 9.17) is 10.5 Å². The average Bonchev–Trinajstić information content (AvgIpc) is 2.47. The second-order valence-corrected chi connectivity index (χ2v) is 5.34. The van der Waals surface area contributed by atoms with Gasteiger partial charge in [0.2, 0.25) is 0 Å². The van der Waals surface area contributed by atoms with Gasteiger partial charge in [0.15, 0.2) is 0 Å². The highest BCUT2D eigenvalue weighted by atomic mass is 35.5. The molecule has 0 spiro atoms. The zero-order valence-electron chi connectivity index (χ0n) is 13.6. The number of hydrogen-bond acceptors (Lipinski definition) is 4. The molecule has 0 saturated heterocycles. The van der Waals surface area contributed by atoms with E-state index in [1.807, 2.05) is 0 Å². The maximum atomic E-state index is 11.8. The first kappa shape index (κ1) is 20.7. The van der Waals surface area contributed by atoms with E-state index < -0.39 is 0 Å². The number of nitrogen functional groups attached to an aromatic ring is 1. The topological polar surface area (TPSA) is 64.3 Å². The lowest BCUT2D eigenvalue weighted by atomic mass is 10.1. The van der Waals surface area contributed by atoms with Crippen molar-refractivity contribution in [1.82, 2.24) is 5.32 Å². The van der Waals surface area contributed by atoms with Gasteiger partial charge >= 0.3 is 5.97 Å². The van der Waals surface area contributed by atoms with Crippen molar-refractivity contribution in [3.63, 3.8) is 0 Å². The van der Waals surface area contributed by atoms with Gasteiger partial charge in [-0.2, -0.15) is 0 Å². The van der Waals surface area contributed by atoms with Crippen molar-refractivity contribution in [2.75, 3.05) is 18.9 Å². The third-order valence-electron chi connectivity index (χ3n) is 3.41. The Morgan fingerprint density at radius 3 is 2.32 bits per heavy atom. The lowest BCUT2D eigenvalue weighted by Gasteiger charge is -2.17. The van der Waals surface area contributed by atoms with Crippen LogP contribution >= 0.6 is 12.4 Å². The molecule has 5 heteroatoms. The van der Waals surface area contributed by atoms with Gasteiger partial charge in [0.05, 0.1) is 12.2 Å². The largest absolute Gasteiger partial charge is 0.462 e. The van der Waals surface area contributed by atoms with Crippen molar-refractivity contribution < 1.29 is 9.53 Å². The van der Waals surface area contributed by atoms with Crippen LogP contribution in [-0.4, -0.2) is 25.2 Å². The predicted octanol–water partition coefficient (Wildman–Crippen LogP) is 3.80. The molecule has 0 amide bonds. The first-order valence-corrected chi connectivity index (χ1v) is 7.93. The van der Waals surface area contributed by atoms with E-state index in [2.05, 4.69) is 19.2 Å².